The molecule has 1 aliphatic rings. The number of aryl methyl sites for hydroxylation is 1. The fraction of sp³-hybridized carbons (Fsp3) is 0.312. The Labute approximate surface area is 151 Å². The third-order valence-electron chi connectivity index (χ3n) is 4.15. The van der Waals surface area contributed by atoms with Crippen molar-refractivity contribution in [2.24, 2.45) is 0 Å². The zero-order valence-corrected chi connectivity index (χ0v) is 15.0. The van der Waals surface area contributed by atoms with Crippen LogP contribution in [0.15, 0.2) is 39.5 Å². The van der Waals surface area contributed by atoms with Crippen LogP contribution < -0.4 is 0 Å². The minimum absolute atomic E-state index is 0.0247. The molecule has 0 bridgehead atoms. The highest BCUT2D eigenvalue weighted by Gasteiger charge is 2.29. The lowest BCUT2D eigenvalue weighted by Crippen LogP contribution is -2.29. The lowest BCUT2D eigenvalue weighted by Gasteiger charge is -2.16. The topological polar surface area (TPSA) is 89.9 Å². The molecule has 25 heavy (non-hydrogen) atoms. The maximum atomic E-state index is 12.6. The second-order valence-corrected chi connectivity index (χ2v) is 6.85. The van der Waals surface area contributed by atoms with Crippen LogP contribution in [0.3, 0.4) is 0 Å². The molecule has 0 saturated carbocycles. The molecule has 128 valence electrons. The Balaban J connectivity index is 1.47. The van der Waals surface area contributed by atoms with E-state index >= 15 is 0 Å². The van der Waals surface area contributed by atoms with Crippen molar-refractivity contribution in [2.75, 3.05) is 13.1 Å². The molecular weight excluding hydrogens is 388 g/mol. The first-order valence-electron chi connectivity index (χ1n) is 7.87. The number of amides is 1. The number of carbonyl (C=O) groups is 1. The van der Waals surface area contributed by atoms with Crippen LogP contribution in [0.1, 0.15) is 28.6 Å². The van der Waals surface area contributed by atoms with Gasteiger partial charge in [0.1, 0.15) is 0 Å². The van der Waals surface area contributed by atoms with Gasteiger partial charge in [-0.25, -0.2) is 4.68 Å². The molecule has 1 aliphatic heterocycles. The number of hydrogen-bond acceptors (Lipinski definition) is 6. The first-order chi connectivity index (χ1) is 12.1. The molecule has 1 aromatic carbocycles. The zero-order valence-electron chi connectivity index (χ0n) is 13.5. The smallest absolute Gasteiger partial charge is 0.280 e. The predicted molar refractivity (Wildman–Crippen MR) is 91.8 cm³/mol. The molecule has 9 heteroatoms. The summed E-state index contributed by atoms with van der Waals surface area (Å²) < 4.78 is 7.77. The van der Waals surface area contributed by atoms with Crippen LogP contribution in [-0.4, -0.2) is 49.0 Å². The van der Waals surface area contributed by atoms with Gasteiger partial charge in [-0.05, 0) is 31.5 Å². The van der Waals surface area contributed by atoms with Crippen LogP contribution in [0.2, 0.25) is 0 Å². The van der Waals surface area contributed by atoms with E-state index in [9.17, 15) is 4.79 Å². The van der Waals surface area contributed by atoms with Gasteiger partial charge in [-0.15, -0.1) is 5.10 Å². The van der Waals surface area contributed by atoms with E-state index in [0.29, 0.717) is 36.1 Å². The van der Waals surface area contributed by atoms with Crippen molar-refractivity contribution in [1.29, 1.82) is 0 Å². The number of benzene rings is 1. The van der Waals surface area contributed by atoms with Crippen LogP contribution in [-0.2, 0) is 0 Å². The van der Waals surface area contributed by atoms with Gasteiger partial charge in [-0.1, -0.05) is 32.4 Å². The highest BCUT2D eigenvalue weighted by atomic mass is 79.9. The Morgan fingerprint density at radius 3 is 3.04 bits per heavy atom. The number of halogens is 1. The summed E-state index contributed by atoms with van der Waals surface area (Å²) in [6.07, 6.45) is 2.61. The molecule has 3 aromatic rings. The van der Waals surface area contributed by atoms with Gasteiger partial charge >= 0.3 is 0 Å². The Bertz CT molecular complexity index is 921. The molecule has 3 heterocycles. The third kappa shape index (κ3) is 3.19. The number of rotatable bonds is 3. The van der Waals surface area contributed by atoms with Crippen LogP contribution in [0, 0.1) is 6.92 Å². The zero-order chi connectivity index (χ0) is 17.4. The van der Waals surface area contributed by atoms with Gasteiger partial charge in [0.15, 0.2) is 11.5 Å². The first-order valence-corrected chi connectivity index (χ1v) is 8.67. The number of nitrogens with zero attached hydrogens (tertiary/aromatic N) is 6. The second-order valence-electron chi connectivity index (χ2n) is 5.93. The lowest BCUT2D eigenvalue weighted by atomic mass is 10.2. The molecule has 2 aromatic heterocycles. The van der Waals surface area contributed by atoms with Crippen molar-refractivity contribution in [1.82, 2.24) is 30.0 Å². The average Bonchev–Trinajstić information content (AvgIpc) is 3.33. The van der Waals surface area contributed by atoms with E-state index in [-0.39, 0.29) is 11.9 Å². The van der Waals surface area contributed by atoms with Gasteiger partial charge < -0.3 is 9.42 Å². The summed E-state index contributed by atoms with van der Waals surface area (Å²) in [6, 6.07) is 7.51. The second kappa shape index (κ2) is 6.40. The third-order valence-corrected chi connectivity index (χ3v) is 4.65. The largest absolute Gasteiger partial charge is 0.336 e. The normalized spacial score (nSPS) is 17.2. The van der Waals surface area contributed by atoms with Gasteiger partial charge in [0.05, 0.1) is 12.2 Å². The molecule has 8 nitrogen and oxygen atoms in total. The van der Waals surface area contributed by atoms with Crippen LogP contribution in [0.25, 0.3) is 11.6 Å². The van der Waals surface area contributed by atoms with Gasteiger partial charge in [0, 0.05) is 23.1 Å². The quantitative estimate of drug-likeness (QED) is 0.668. The van der Waals surface area contributed by atoms with E-state index < -0.39 is 0 Å². The maximum Gasteiger partial charge on any atom is 0.280 e. The predicted octanol–water partition coefficient (Wildman–Crippen LogP) is 2.49. The van der Waals surface area contributed by atoms with Crippen molar-refractivity contribution >= 4 is 21.8 Å². The van der Waals surface area contributed by atoms with Gasteiger partial charge in [0.2, 0.25) is 0 Å². The summed E-state index contributed by atoms with van der Waals surface area (Å²) in [7, 11) is 0. The molecule has 0 unspecified atom stereocenters. The molecule has 0 aliphatic carbocycles. The van der Waals surface area contributed by atoms with E-state index in [1.165, 1.54) is 0 Å². The highest BCUT2D eigenvalue weighted by molar-refractivity contribution is 9.10. The monoisotopic (exact) mass is 402 g/mol. The van der Waals surface area contributed by atoms with Crippen molar-refractivity contribution in [3.8, 4) is 11.6 Å². The number of carbonyl (C=O) groups excluding carboxylic acids is 1. The van der Waals surface area contributed by atoms with E-state index in [4.69, 9.17) is 4.52 Å². The van der Waals surface area contributed by atoms with Crippen molar-refractivity contribution in [2.45, 2.75) is 19.4 Å². The Morgan fingerprint density at radius 1 is 1.40 bits per heavy atom. The first kappa shape index (κ1) is 15.9. The molecule has 0 radical (unpaired) electrons. The van der Waals surface area contributed by atoms with E-state index in [1.807, 2.05) is 29.2 Å². The summed E-state index contributed by atoms with van der Waals surface area (Å²) in [5.74, 6) is 0.927. The molecule has 1 fully saturated rings. The SMILES string of the molecule is Cc1noc(-c2cn([C@H]3CCN(C(=O)c4cccc(Br)c4)C3)nn2)n1. The van der Waals surface area contributed by atoms with Crippen molar-refractivity contribution in [3.05, 3.63) is 46.3 Å². The van der Waals surface area contributed by atoms with Crippen LogP contribution in [0.5, 0.6) is 0 Å². The van der Waals surface area contributed by atoms with E-state index in [1.54, 1.807) is 17.8 Å². The standard InChI is InChI=1S/C16H15BrN6O2/c1-10-18-15(25-20-10)14-9-23(21-19-14)13-5-6-22(8-13)16(24)11-3-2-4-12(17)7-11/h2-4,7,9,13H,5-6,8H2,1H3/t13-/m0/s1. The fourth-order valence-corrected chi connectivity index (χ4v) is 3.30. The number of likely N-dealkylation sites (tertiary alicyclic amines) is 1. The van der Waals surface area contributed by atoms with Crippen molar-refractivity contribution < 1.29 is 9.32 Å². The molecule has 1 atom stereocenters. The number of hydrogen-bond donors (Lipinski definition) is 0. The van der Waals surface area contributed by atoms with Crippen LogP contribution >= 0.6 is 15.9 Å². The Morgan fingerprint density at radius 2 is 2.28 bits per heavy atom. The summed E-state index contributed by atoms with van der Waals surface area (Å²) in [6.45, 7) is 3.03. The van der Waals surface area contributed by atoms with Gasteiger partial charge in [-0.2, -0.15) is 4.98 Å². The fourth-order valence-electron chi connectivity index (χ4n) is 2.90. The van der Waals surface area contributed by atoms with Crippen molar-refractivity contribution in [3.63, 3.8) is 0 Å². The van der Waals surface area contributed by atoms with E-state index in [2.05, 4.69) is 36.4 Å². The molecule has 0 spiro atoms. The number of aromatic nitrogens is 5. The summed E-state index contributed by atoms with van der Waals surface area (Å²) in [5.41, 5.74) is 1.22. The maximum absolute atomic E-state index is 12.6. The van der Waals surface area contributed by atoms with E-state index in [0.717, 1.165) is 10.9 Å². The molecule has 1 saturated heterocycles. The lowest BCUT2D eigenvalue weighted by molar-refractivity contribution is 0.0787. The molecule has 1 amide bonds. The average molecular weight is 403 g/mol. The highest BCUT2D eigenvalue weighted by Crippen LogP contribution is 2.25. The van der Waals surface area contributed by atoms with Crippen LogP contribution in [0.4, 0.5) is 0 Å². The van der Waals surface area contributed by atoms with Gasteiger partial charge in [0.25, 0.3) is 11.8 Å². The minimum atomic E-state index is 0.0247. The summed E-state index contributed by atoms with van der Waals surface area (Å²) >= 11 is 3.40. The molecular formula is C16H15BrN6O2. The molecule has 4 rings (SSSR count). The summed E-state index contributed by atoms with van der Waals surface area (Å²) in [5, 5.41) is 12.0. The Kier molecular flexibility index (Phi) is 4.08. The molecule has 0 N–H and O–H groups in total. The minimum Gasteiger partial charge on any atom is -0.336 e. The van der Waals surface area contributed by atoms with Gasteiger partial charge in [-0.3, -0.25) is 4.79 Å². The Hall–Kier alpha value is -2.55. The summed E-state index contributed by atoms with van der Waals surface area (Å²) in [4.78, 5) is 18.6.